The monoisotopic (exact) mass is 262 g/mol. The molecule has 2 unspecified atom stereocenters. The zero-order chi connectivity index (χ0) is 14.0. The van der Waals surface area contributed by atoms with Crippen LogP contribution in [0.25, 0.3) is 11.0 Å². The van der Waals surface area contributed by atoms with Crippen LogP contribution in [-0.2, 0) is 0 Å². The molecule has 2 rings (SSSR count). The zero-order valence-electron chi connectivity index (χ0n) is 11.0. The Bertz CT molecular complexity index is 589. The van der Waals surface area contributed by atoms with Gasteiger partial charge in [-0.25, -0.2) is 0 Å². The maximum absolute atomic E-state index is 12.0. The van der Waals surface area contributed by atoms with E-state index in [1.54, 1.807) is 31.2 Å². The molecule has 19 heavy (non-hydrogen) atoms. The highest BCUT2D eigenvalue weighted by atomic mass is 16.3. The predicted molar refractivity (Wildman–Crippen MR) is 73.9 cm³/mol. The second-order valence-electron chi connectivity index (χ2n) is 4.87. The zero-order valence-corrected chi connectivity index (χ0v) is 11.0. The average Bonchev–Trinajstić information content (AvgIpc) is 2.70. The van der Waals surface area contributed by atoms with Gasteiger partial charge in [-0.1, -0.05) is 0 Å². The average molecular weight is 262 g/mol. The number of carbonyl (C=O) groups is 1. The highest BCUT2D eigenvalue weighted by Gasteiger charge is 2.15. The fourth-order valence-corrected chi connectivity index (χ4v) is 2.04. The number of hydrogen-bond acceptors (Lipinski definition) is 4. The van der Waals surface area contributed by atoms with E-state index in [4.69, 9.17) is 10.2 Å². The largest absolute Gasteiger partial charge is 0.451 e. The Morgan fingerprint density at radius 1 is 1.42 bits per heavy atom. The van der Waals surface area contributed by atoms with E-state index in [1.165, 1.54) is 0 Å². The van der Waals surface area contributed by atoms with Crippen LogP contribution in [0.2, 0.25) is 0 Å². The molecule has 0 saturated carbocycles. The van der Waals surface area contributed by atoms with Gasteiger partial charge in [0.2, 0.25) is 0 Å². The SMILES string of the molecule is CC(O)CC(C)NC(=O)c1cc2cc(N)ccc2o1. The lowest BCUT2D eigenvalue weighted by Gasteiger charge is -2.14. The van der Waals surface area contributed by atoms with Crippen molar-refractivity contribution in [3.8, 4) is 0 Å². The number of rotatable bonds is 4. The molecule has 1 aromatic heterocycles. The molecule has 2 aromatic rings. The minimum atomic E-state index is -0.453. The van der Waals surface area contributed by atoms with E-state index in [-0.39, 0.29) is 17.7 Å². The third kappa shape index (κ3) is 3.26. The van der Waals surface area contributed by atoms with Gasteiger partial charge >= 0.3 is 0 Å². The van der Waals surface area contributed by atoms with Gasteiger partial charge in [0.25, 0.3) is 5.91 Å². The second kappa shape index (κ2) is 5.32. The molecule has 1 aromatic carbocycles. The number of benzene rings is 1. The summed E-state index contributed by atoms with van der Waals surface area (Å²) in [4.78, 5) is 12.0. The van der Waals surface area contributed by atoms with Gasteiger partial charge in [0, 0.05) is 17.1 Å². The van der Waals surface area contributed by atoms with Gasteiger partial charge in [0.05, 0.1) is 6.10 Å². The van der Waals surface area contributed by atoms with Crippen molar-refractivity contribution in [2.45, 2.75) is 32.4 Å². The fraction of sp³-hybridized carbons (Fsp3) is 0.357. The molecule has 0 aliphatic rings. The van der Waals surface area contributed by atoms with Crippen LogP contribution in [0.3, 0.4) is 0 Å². The van der Waals surface area contributed by atoms with Crippen LogP contribution in [0.4, 0.5) is 5.69 Å². The first-order valence-corrected chi connectivity index (χ1v) is 6.23. The minimum absolute atomic E-state index is 0.120. The summed E-state index contributed by atoms with van der Waals surface area (Å²) in [6.45, 7) is 3.53. The molecule has 5 heteroatoms. The molecule has 0 radical (unpaired) electrons. The summed E-state index contributed by atoms with van der Waals surface area (Å²) in [5.41, 5.74) is 6.93. The Labute approximate surface area is 111 Å². The normalized spacial score (nSPS) is 14.3. The first-order valence-electron chi connectivity index (χ1n) is 6.23. The Balaban J connectivity index is 2.13. The summed E-state index contributed by atoms with van der Waals surface area (Å²) < 4.78 is 5.46. The molecule has 5 nitrogen and oxygen atoms in total. The van der Waals surface area contributed by atoms with Gasteiger partial charge in [0.15, 0.2) is 5.76 Å². The Hall–Kier alpha value is -2.01. The van der Waals surface area contributed by atoms with Crippen molar-refractivity contribution in [2.75, 3.05) is 5.73 Å². The van der Waals surface area contributed by atoms with Crippen LogP contribution in [0.15, 0.2) is 28.7 Å². The van der Waals surface area contributed by atoms with E-state index in [0.29, 0.717) is 17.7 Å². The van der Waals surface area contributed by atoms with Crippen LogP contribution >= 0.6 is 0 Å². The topological polar surface area (TPSA) is 88.5 Å². The summed E-state index contributed by atoms with van der Waals surface area (Å²) in [6.07, 6.45) is 0.0459. The maximum atomic E-state index is 12.0. The molecular weight excluding hydrogens is 244 g/mol. The molecule has 1 heterocycles. The highest BCUT2D eigenvalue weighted by Crippen LogP contribution is 2.21. The minimum Gasteiger partial charge on any atom is -0.451 e. The number of amides is 1. The second-order valence-corrected chi connectivity index (χ2v) is 4.87. The van der Waals surface area contributed by atoms with Crippen molar-refractivity contribution in [3.63, 3.8) is 0 Å². The van der Waals surface area contributed by atoms with Gasteiger partial charge < -0.3 is 20.6 Å². The van der Waals surface area contributed by atoms with Crippen molar-refractivity contribution in [1.82, 2.24) is 5.32 Å². The lowest BCUT2D eigenvalue weighted by molar-refractivity contribution is 0.0897. The summed E-state index contributed by atoms with van der Waals surface area (Å²) in [5, 5.41) is 12.8. The summed E-state index contributed by atoms with van der Waals surface area (Å²) in [6, 6.07) is 6.76. The maximum Gasteiger partial charge on any atom is 0.287 e. The van der Waals surface area contributed by atoms with Gasteiger partial charge in [-0.05, 0) is 44.5 Å². The molecule has 0 aliphatic carbocycles. The van der Waals surface area contributed by atoms with Gasteiger partial charge in [-0.2, -0.15) is 0 Å². The van der Waals surface area contributed by atoms with E-state index in [9.17, 15) is 9.90 Å². The van der Waals surface area contributed by atoms with Crippen molar-refractivity contribution < 1.29 is 14.3 Å². The number of nitrogen functional groups attached to an aromatic ring is 1. The standard InChI is InChI=1S/C14H18N2O3/c1-8(5-9(2)17)16-14(18)13-7-10-6-11(15)3-4-12(10)19-13/h3-4,6-9,17H,5,15H2,1-2H3,(H,16,18). The fourth-order valence-electron chi connectivity index (χ4n) is 2.04. The lowest BCUT2D eigenvalue weighted by atomic mass is 10.1. The summed E-state index contributed by atoms with van der Waals surface area (Å²) in [5.74, 6) is -0.0408. The number of aliphatic hydroxyl groups excluding tert-OH is 1. The van der Waals surface area contributed by atoms with Crippen molar-refractivity contribution in [2.24, 2.45) is 0 Å². The predicted octanol–water partition coefficient (Wildman–Crippen LogP) is 1.90. The molecule has 2 atom stereocenters. The number of fused-ring (bicyclic) bond motifs is 1. The van der Waals surface area contributed by atoms with Gasteiger partial charge in [-0.15, -0.1) is 0 Å². The first-order chi connectivity index (χ1) is 8.95. The van der Waals surface area contributed by atoms with Gasteiger partial charge in [-0.3, -0.25) is 4.79 Å². The van der Waals surface area contributed by atoms with E-state index >= 15 is 0 Å². The Morgan fingerprint density at radius 2 is 2.16 bits per heavy atom. The molecule has 0 bridgehead atoms. The lowest BCUT2D eigenvalue weighted by Crippen LogP contribution is -2.34. The number of aliphatic hydroxyl groups is 1. The van der Waals surface area contributed by atoms with Crippen LogP contribution in [0, 0.1) is 0 Å². The van der Waals surface area contributed by atoms with E-state index in [1.807, 2.05) is 6.92 Å². The third-order valence-corrected chi connectivity index (χ3v) is 2.84. The smallest absolute Gasteiger partial charge is 0.287 e. The van der Waals surface area contributed by atoms with Crippen molar-refractivity contribution >= 4 is 22.6 Å². The first kappa shape index (κ1) is 13.4. The molecule has 0 spiro atoms. The summed E-state index contributed by atoms with van der Waals surface area (Å²) in [7, 11) is 0. The van der Waals surface area contributed by atoms with Gasteiger partial charge in [0.1, 0.15) is 5.58 Å². The van der Waals surface area contributed by atoms with Crippen LogP contribution in [0.1, 0.15) is 30.8 Å². The quantitative estimate of drug-likeness (QED) is 0.734. The van der Waals surface area contributed by atoms with Crippen molar-refractivity contribution in [1.29, 1.82) is 0 Å². The van der Waals surface area contributed by atoms with Crippen LogP contribution < -0.4 is 11.1 Å². The molecule has 0 aliphatic heterocycles. The number of hydrogen-bond donors (Lipinski definition) is 3. The van der Waals surface area contributed by atoms with Crippen molar-refractivity contribution in [3.05, 3.63) is 30.0 Å². The van der Waals surface area contributed by atoms with E-state index in [0.717, 1.165) is 5.39 Å². The number of nitrogens with two attached hydrogens (primary N) is 1. The number of carbonyl (C=O) groups excluding carboxylic acids is 1. The number of anilines is 1. The molecule has 4 N–H and O–H groups in total. The molecule has 0 saturated heterocycles. The van der Waals surface area contributed by atoms with Crippen LogP contribution in [0.5, 0.6) is 0 Å². The molecule has 0 fully saturated rings. The number of furan rings is 1. The summed E-state index contributed by atoms with van der Waals surface area (Å²) >= 11 is 0. The molecular formula is C14H18N2O3. The Morgan fingerprint density at radius 3 is 2.84 bits per heavy atom. The molecule has 1 amide bonds. The third-order valence-electron chi connectivity index (χ3n) is 2.84. The van der Waals surface area contributed by atoms with E-state index < -0.39 is 6.10 Å². The molecule has 102 valence electrons. The highest BCUT2D eigenvalue weighted by molar-refractivity contribution is 5.96. The van der Waals surface area contributed by atoms with E-state index in [2.05, 4.69) is 5.32 Å². The Kier molecular flexibility index (Phi) is 3.76. The number of nitrogens with one attached hydrogen (secondary N) is 1. The van der Waals surface area contributed by atoms with Crippen LogP contribution in [-0.4, -0.2) is 23.2 Å².